The van der Waals surface area contributed by atoms with E-state index >= 15 is 0 Å². The summed E-state index contributed by atoms with van der Waals surface area (Å²) in [6.45, 7) is 1.80. The third-order valence-electron chi connectivity index (χ3n) is 5.91. The molecule has 0 fully saturated rings. The predicted octanol–water partition coefficient (Wildman–Crippen LogP) is 4.86. The second-order valence-electron chi connectivity index (χ2n) is 8.78. The fourth-order valence-corrected chi connectivity index (χ4v) is 4.91. The van der Waals surface area contributed by atoms with Crippen molar-refractivity contribution in [3.63, 3.8) is 0 Å². The molecule has 4 aromatic rings. The first-order valence-electron chi connectivity index (χ1n) is 12.1. The molecule has 4 rings (SSSR count). The van der Waals surface area contributed by atoms with E-state index in [2.05, 4.69) is 5.32 Å². The second kappa shape index (κ2) is 11.5. The molecule has 0 atom stereocenters. The Balaban J connectivity index is 1.29. The lowest BCUT2D eigenvalue weighted by atomic mass is 10.1. The van der Waals surface area contributed by atoms with Crippen LogP contribution in [0.25, 0.3) is 21.9 Å². The molecule has 1 amide bonds. The number of ether oxygens (including phenoxy) is 1. The molecule has 0 unspecified atom stereocenters. The van der Waals surface area contributed by atoms with Crippen molar-refractivity contribution < 1.29 is 32.0 Å². The zero-order valence-electron chi connectivity index (χ0n) is 20.7. The Morgan fingerprint density at radius 3 is 2.42 bits per heavy atom. The highest BCUT2D eigenvalue weighted by Gasteiger charge is 2.19. The zero-order chi connectivity index (χ0) is 27.3. The first-order chi connectivity index (χ1) is 18.1. The van der Waals surface area contributed by atoms with Gasteiger partial charge in [0.2, 0.25) is 11.3 Å². The Bertz CT molecular complexity index is 1610. The average Bonchev–Trinajstić information content (AvgIpc) is 2.85. The molecule has 0 spiro atoms. The molecule has 3 N–H and O–H groups in total. The molecule has 38 heavy (non-hydrogen) atoms. The minimum atomic E-state index is -4.46. The van der Waals surface area contributed by atoms with Crippen molar-refractivity contribution >= 4 is 49.5 Å². The Morgan fingerprint density at radius 1 is 1.00 bits per heavy atom. The molecule has 0 aliphatic rings. The van der Waals surface area contributed by atoms with Crippen LogP contribution in [0.15, 0.2) is 69.9 Å². The molecule has 1 heterocycles. The molecule has 1 aromatic heterocycles. The van der Waals surface area contributed by atoms with Crippen molar-refractivity contribution in [3.8, 4) is 11.5 Å². The molecule has 0 aliphatic carbocycles. The molecular formula is C27H28N2O8S. The van der Waals surface area contributed by atoms with Crippen LogP contribution in [0.2, 0.25) is 0 Å². The van der Waals surface area contributed by atoms with Crippen LogP contribution in [0, 0.1) is 0 Å². The van der Waals surface area contributed by atoms with Crippen molar-refractivity contribution in [3.05, 3.63) is 70.9 Å². The molecule has 0 saturated carbocycles. The second-order valence-corrected chi connectivity index (χ2v) is 10.1. The number of aromatic hydroxyl groups is 1. The number of nitrogens with zero attached hydrogens (tertiary/aromatic N) is 1. The molecule has 10 nitrogen and oxygen atoms in total. The van der Waals surface area contributed by atoms with Crippen LogP contribution >= 0.6 is 0 Å². The predicted molar refractivity (Wildman–Crippen MR) is 145 cm³/mol. The van der Waals surface area contributed by atoms with Crippen molar-refractivity contribution in [2.75, 3.05) is 22.8 Å². The van der Waals surface area contributed by atoms with Gasteiger partial charge in [-0.1, -0.05) is 25.0 Å². The normalized spacial score (nSPS) is 11.5. The number of anilines is 2. The van der Waals surface area contributed by atoms with E-state index in [0.717, 1.165) is 10.7 Å². The lowest BCUT2D eigenvalue weighted by Crippen LogP contribution is -2.31. The van der Waals surface area contributed by atoms with Gasteiger partial charge >= 0.3 is 10.3 Å². The highest BCUT2D eigenvalue weighted by Crippen LogP contribution is 2.30. The molecule has 0 radical (unpaired) electrons. The first-order valence-corrected chi connectivity index (χ1v) is 13.5. The van der Waals surface area contributed by atoms with Gasteiger partial charge in [0.05, 0.1) is 17.7 Å². The Morgan fingerprint density at radius 2 is 1.71 bits per heavy atom. The maximum absolute atomic E-state index is 12.7. The highest BCUT2D eigenvalue weighted by molar-refractivity contribution is 7.87. The summed E-state index contributed by atoms with van der Waals surface area (Å²) in [5, 5.41) is 13.5. The van der Waals surface area contributed by atoms with Crippen LogP contribution in [0.3, 0.4) is 0 Å². The quantitative estimate of drug-likeness (QED) is 0.139. The van der Waals surface area contributed by atoms with Gasteiger partial charge in [0, 0.05) is 31.3 Å². The van der Waals surface area contributed by atoms with Crippen molar-refractivity contribution in [2.45, 2.75) is 32.6 Å². The maximum atomic E-state index is 12.7. The van der Waals surface area contributed by atoms with Crippen LogP contribution in [-0.4, -0.2) is 37.1 Å². The summed E-state index contributed by atoms with van der Waals surface area (Å²) < 4.78 is 45.8. The summed E-state index contributed by atoms with van der Waals surface area (Å²) in [5.74, 6) is -0.0906. The number of phenols is 1. The fraction of sp³-hybridized carbons (Fsp3) is 0.259. The number of benzene rings is 3. The van der Waals surface area contributed by atoms with E-state index in [-0.39, 0.29) is 34.6 Å². The number of hydrogen-bond acceptors (Lipinski definition) is 7. The zero-order valence-corrected chi connectivity index (χ0v) is 21.5. The Hall–Kier alpha value is -4.09. The van der Waals surface area contributed by atoms with Crippen LogP contribution in [0.1, 0.15) is 32.6 Å². The molecule has 0 bridgehead atoms. The van der Waals surface area contributed by atoms with Gasteiger partial charge in [0.25, 0.3) is 0 Å². The summed E-state index contributed by atoms with van der Waals surface area (Å²) in [7, 11) is -4.46. The average molecular weight is 541 g/mol. The topological polar surface area (TPSA) is 146 Å². The van der Waals surface area contributed by atoms with Gasteiger partial charge in [0.1, 0.15) is 28.1 Å². The number of rotatable bonds is 11. The Kier molecular flexibility index (Phi) is 8.18. The van der Waals surface area contributed by atoms with Crippen molar-refractivity contribution in [1.29, 1.82) is 0 Å². The van der Waals surface area contributed by atoms with Crippen LogP contribution < -0.4 is 19.8 Å². The molecule has 3 aromatic carbocycles. The van der Waals surface area contributed by atoms with E-state index in [1.54, 1.807) is 42.5 Å². The molecule has 200 valence electrons. The third kappa shape index (κ3) is 6.42. The van der Waals surface area contributed by atoms with E-state index in [4.69, 9.17) is 9.15 Å². The van der Waals surface area contributed by atoms with Crippen molar-refractivity contribution in [1.82, 2.24) is 0 Å². The number of unbranched alkanes of at least 4 members (excludes halogenated alkanes) is 3. The van der Waals surface area contributed by atoms with Crippen LogP contribution in [0.4, 0.5) is 11.4 Å². The Labute approximate surface area is 219 Å². The standard InChI is InChI=1S/C27H28N2O8S/c1-18(30)28-19-10-12-20(13-11-19)29(38(33,34)35)14-6-2-3-7-15-36-21-16-23(31)26-25(17-21)37-24-9-5-4-8-22(24)27(26)32/h4-5,8-13,16-17,31H,2-3,6-7,14-15H2,1H3,(H,28,30)(H,33,34,35). The van der Waals surface area contributed by atoms with Gasteiger partial charge in [-0.05, 0) is 49.2 Å². The number of para-hydroxylation sites is 1. The SMILES string of the molecule is CC(=O)Nc1ccc(N(CCCCCCOc2cc(O)c3c(=O)c4ccccc4oc3c2)S(=O)(=O)O)cc1. The number of fused-ring (bicyclic) bond motifs is 2. The first kappa shape index (κ1) is 27.0. The van der Waals surface area contributed by atoms with Gasteiger partial charge in [-0.3, -0.25) is 14.1 Å². The van der Waals surface area contributed by atoms with Crippen molar-refractivity contribution in [2.24, 2.45) is 0 Å². The van der Waals surface area contributed by atoms with Gasteiger partial charge in [-0.15, -0.1) is 0 Å². The number of nitrogens with one attached hydrogen (secondary N) is 1. The smallest absolute Gasteiger partial charge is 0.359 e. The fourth-order valence-electron chi connectivity index (χ4n) is 4.16. The van der Waals surface area contributed by atoms with E-state index in [1.807, 2.05) is 0 Å². The van der Waals surface area contributed by atoms with Gasteiger partial charge in [-0.25, -0.2) is 4.31 Å². The monoisotopic (exact) mass is 540 g/mol. The van der Waals surface area contributed by atoms with Gasteiger partial charge in [-0.2, -0.15) is 8.42 Å². The number of carbonyl (C=O) groups is 1. The summed E-state index contributed by atoms with van der Waals surface area (Å²) in [6.07, 6.45) is 2.59. The number of carbonyl (C=O) groups excluding carboxylic acids is 1. The van der Waals surface area contributed by atoms with Crippen LogP contribution in [0.5, 0.6) is 11.5 Å². The largest absolute Gasteiger partial charge is 0.507 e. The molecular weight excluding hydrogens is 512 g/mol. The lowest BCUT2D eigenvalue weighted by molar-refractivity contribution is -0.114. The van der Waals surface area contributed by atoms with E-state index < -0.39 is 10.3 Å². The number of phenolic OH excluding ortho intramolecular Hbond substituents is 1. The molecule has 0 saturated heterocycles. The van der Waals surface area contributed by atoms with E-state index in [1.165, 1.54) is 25.1 Å². The minimum Gasteiger partial charge on any atom is -0.507 e. The summed E-state index contributed by atoms with van der Waals surface area (Å²) in [6, 6.07) is 15.9. The molecule has 11 heteroatoms. The van der Waals surface area contributed by atoms with Gasteiger partial charge in [0.15, 0.2) is 0 Å². The third-order valence-corrected chi connectivity index (χ3v) is 6.86. The summed E-state index contributed by atoms with van der Waals surface area (Å²) >= 11 is 0. The highest BCUT2D eigenvalue weighted by atomic mass is 32.2. The molecule has 0 aliphatic heterocycles. The summed E-state index contributed by atoms with van der Waals surface area (Å²) in [5.41, 5.74) is 1.16. The van der Waals surface area contributed by atoms with E-state index in [0.29, 0.717) is 54.0 Å². The van der Waals surface area contributed by atoms with Gasteiger partial charge < -0.3 is 19.6 Å². The maximum Gasteiger partial charge on any atom is 0.359 e. The number of hydrogen-bond donors (Lipinski definition) is 3. The number of amides is 1. The lowest BCUT2D eigenvalue weighted by Gasteiger charge is -2.21. The van der Waals surface area contributed by atoms with E-state index in [9.17, 15) is 27.7 Å². The van der Waals surface area contributed by atoms with Crippen LogP contribution in [-0.2, 0) is 15.1 Å². The minimum absolute atomic E-state index is 0.0880. The summed E-state index contributed by atoms with van der Waals surface area (Å²) in [4.78, 5) is 23.9.